The highest BCUT2D eigenvalue weighted by molar-refractivity contribution is 5.94. The fourth-order valence-electron chi connectivity index (χ4n) is 2.20. The number of hydrazone groups is 1. The maximum atomic E-state index is 12.1. The van der Waals surface area contributed by atoms with E-state index in [1.54, 1.807) is 24.2 Å². The molecule has 0 bridgehead atoms. The zero-order valence-electron chi connectivity index (χ0n) is 14.0. The molecular formula is C19H18N4O2. The number of hydrogen-bond donors (Lipinski definition) is 1. The largest absolute Gasteiger partial charge is 0.497 e. The number of ether oxygens (including phenoxy) is 1. The van der Waals surface area contributed by atoms with Crippen molar-refractivity contribution in [3.8, 4) is 11.4 Å². The number of amides is 1. The number of carbonyl (C=O) groups is 1. The van der Waals surface area contributed by atoms with Crippen LogP contribution in [0.4, 0.5) is 0 Å². The maximum Gasteiger partial charge on any atom is 0.274 e. The lowest BCUT2D eigenvalue weighted by atomic mass is 10.2. The Bertz CT molecular complexity index is 881. The molecule has 2 aromatic carbocycles. The minimum Gasteiger partial charge on any atom is -0.497 e. The van der Waals surface area contributed by atoms with Gasteiger partial charge in [-0.2, -0.15) is 10.2 Å². The minimum absolute atomic E-state index is 0.317. The van der Waals surface area contributed by atoms with Crippen LogP contribution in [0.5, 0.6) is 5.75 Å². The smallest absolute Gasteiger partial charge is 0.274 e. The summed E-state index contributed by atoms with van der Waals surface area (Å²) in [5.74, 6) is 0.447. The first kappa shape index (κ1) is 16.4. The molecule has 3 aromatic rings. The topological polar surface area (TPSA) is 68.5 Å². The SMILES string of the molecule is COc1ccc(-n2cc(C(=O)N/N=C\c3ccc(C)cc3)cn2)cc1. The first-order chi connectivity index (χ1) is 12.2. The molecule has 0 aliphatic heterocycles. The van der Waals surface area contributed by atoms with Gasteiger partial charge in [0, 0.05) is 6.20 Å². The van der Waals surface area contributed by atoms with Crippen LogP contribution in [0.25, 0.3) is 5.69 Å². The monoisotopic (exact) mass is 334 g/mol. The summed E-state index contributed by atoms with van der Waals surface area (Å²) >= 11 is 0. The molecule has 0 saturated heterocycles. The first-order valence-corrected chi connectivity index (χ1v) is 7.75. The van der Waals surface area contributed by atoms with Crippen molar-refractivity contribution >= 4 is 12.1 Å². The lowest BCUT2D eigenvalue weighted by Gasteiger charge is -2.02. The Kier molecular flexibility index (Phi) is 4.89. The van der Waals surface area contributed by atoms with Gasteiger partial charge in [0.2, 0.25) is 0 Å². The van der Waals surface area contributed by atoms with E-state index in [2.05, 4.69) is 15.6 Å². The van der Waals surface area contributed by atoms with Crippen LogP contribution in [0.3, 0.4) is 0 Å². The van der Waals surface area contributed by atoms with Crippen molar-refractivity contribution < 1.29 is 9.53 Å². The first-order valence-electron chi connectivity index (χ1n) is 7.75. The van der Waals surface area contributed by atoms with E-state index in [1.165, 1.54) is 11.8 Å². The van der Waals surface area contributed by atoms with Crippen LogP contribution >= 0.6 is 0 Å². The van der Waals surface area contributed by atoms with E-state index < -0.39 is 0 Å². The number of nitrogens with one attached hydrogen (secondary N) is 1. The van der Waals surface area contributed by atoms with Gasteiger partial charge < -0.3 is 4.74 Å². The third-order valence-corrected chi connectivity index (χ3v) is 3.64. The summed E-state index contributed by atoms with van der Waals surface area (Å²) in [6.45, 7) is 2.02. The van der Waals surface area contributed by atoms with E-state index in [4.69, 9.17) is 4.74 Å². The fourth-order valence-corrected chi connectivity index (χ4v) is 2.20. The van der Waals surface area contributed by atoms with Gasteiger partial charge in [-0.15, -0.1) is 0 Å². The van der Waals surface area contributed by atoms with E-state index >= 15 is 0 Å². The lowest BCUT2D eigenvalue weighted by Crippen LogP contribution is -2.16. The molecule has 1 heterocycles. The molecule has 0 radical (unpaired) electrons. The standard InChI is InChI=1S/C19H18N4O2/c1-14-3-5-15(6-4-14)11-20-22-19(24)16-12-21-23(13-16)17-7-9-18(25-2)10-8-17/h3-13H,1-2H3,(H,22,24)/b20-11-. The predicted molar refractivity (Wildman–Crippen MR) is 96.4 cm³/mol. The van der Waals surface area contributed by atoms with Gasteiger partial charge in [0.15, 0.2) is 0 Å². The van der Waals surface area contributed by atoms with Gasteiger partial charge in [-0.25, -0.2) is 10.1 Å². The Morgan fingerprint density at radius 2 is 1.88 bits per heavy atom. The van der Waals surface area contributed by atoms with Crippen molar-refractivity contribution in [2.75, 3.05) is 7.11 Å². The number of nitrogens with zero attached hydrogens (tertiary/aromatic N) is 3. The number of carbonyl (C=O) groups excluding carboxylic acids is 1. The summed E-state index contributed by atoms with van der Waals surface area (Å²) in [6, 6.07) is 15.3. The summed E-state index contributed by atoms with van der Waals surface area (Å²) in [6.07, 6.45) is 4.75. The molecular weight excluding hydrogens is 316 g/mol. The van der Waals surface area contributed by atoms with E-state index in [-0.39, 0.29) is 5.91 Å². The van der Waals surface area contributed by atoms with Crippen molar-refractivity contribution in [1.29, 1.82) is 0 Å². The Morgan fingerprint density at radius 3 is 2.56 bits per heavy atom. The molecule has 126 valence electrons. The van der Waals surface area contributed by atoms with Crippen molar-refractivity contribution in [3.05, 3.63) is 77.6 Å². The minimum atomic E-state index is -0.317. The van der Waals surface area contributed by atoms with Crippen LogP contribution in [0, 0.1) is 6.92 Å². The summed E-state index contributed by atoms with van der Waals surface area (Å²) in [5.41, 5.74) is 5.86. The summed E-state index contributed by atoms with van der Waals surface area (Å²) in [7, 11) is 1.61. The zero-order chi connectivity index (χ0) is 17.6. The van der Waals surface area contributed by atoms with Crippen molar-refractivity contribution in [1.82, 2.24) is 15.2 Å². The van der Waals surface area contributed by atoms with Crippen LogP contribution in [0.2, 0.25) is 0 Å². The molecule has 0 atom stereocenters. The zero-order valence-corrected chi connectivity index (χ0v) is 14.0. The van der Waals surface area contributed by atoms with Gasteiger partial charge in [-0.05, 0) is 36.8 Å². The molecule has 25 heavy (non-hydrogen) atoms. The van der Waals surface area contributed by atoms with Gasteiger partial charge in [-0.3, -0.25) is 4.79 Å². The third kappa shape index (κ3) is 4.11. The molecule has 6 heteroatoms. The summed E-state index contributed by atoms with van der Waals surface area (Å²) in [5, 5.41) is 8.18. The average molecular weight is 334 g/mol. The third-order valence-electron chi connectivity index (χ3n) is 3.64. The predicted octanol–water partition coefficient (Wildman–Crippen LogP) is 2.95. The lowest BCUT2D eigenvalue weighted by molar-refractivity contribution is 0.0955. The van der Waals surface area contributed by atoms with Gasteiger partial charge >= 0.3 is 0 Å². The quantitative estimate of drug-likeness (QED) is 0.576. The fraction of sp³-hybridized carbons (Fsp3) is 0.105. The normalized spacial score (nSPS) is 10.8. The highest BCUT2D eigenvalue weighted by atomic mass is 16.5. The van der Waals surface area contributed by atoms with Gasteiger partial charge in [0.05, 0.1) is 30.8 Å². The molecule has 3 rings (SSSR count). The van der Waals surface area contributed by atoms with Crippen LogP contribution in [0.15, 0.2) is 66.0 Å². The Morgan fingerprint density at radius 1 is 1.16 bits per heavy atom. The van der Waals surface area contributed by atoms with Gasteiger partial charge in [0.1, 0.15) is 5.75 Å². The van der Waals surface area contributed by atoms with E-state index in [0.29, 0.717) is 5.56 Å². The highest BCUT2D eigenvalue weighted by Crippen LogP contribution is 2.14. The van der Waals surface area contributed by atoms with Crippen LogP contribution in [0.1, 0.15) is 21.5 Å². The van der Waals surface area contributed by atoms with Gasteiger partial charge in [-0.1, -0.05) is 29.8 Å². The van der Waals surface area contributed by atoms with Crippen molar-refractivity contribution in [3.63, 3.8) is 0 Å². The summed E-state index contributed by atoms with van der Waals surface area (Å²) in [4.78, 5) is 12.1. The van der Waals surface area contributed by atoms with Gasteiger partial charge in [0.25, 0.3) is 5.91 Å². The van der Waals surface area contributed by atoms with E-state index in [0.717, 1.165) is 17.0 Å². The molecule has 1 amide bonds. The maximum absolute atomic E-state index is 12.1. The molecule has 0 spiro atoms. The number of rotatable bonds is 5. The Balaban J connectivity index is 1.64. The van der Waals surface area contributed by atoms with E-state index in [9.17, 15) is 4.79 Å². The second-order valence-electron chi connectivity index (χ2n) is 5.48. The molecule has 0 fully saturated rings. The molecule has 0 unspecified atom stereocenters. The molecule has 0 aliphatic carbocycles. The number of aryl methyl sites for hydroxylation is 1. The molecule has 6 nitrogen and oxygen atoms in total. The number of aromatic nitrogens is 2. The Hall–Kier alpha value is -3.41. The number of methoxy groups -OCH3 is 1. The van der Waals surface area contributed by atoms with Crippen LogP contribution in [-0.4, -0.2) is 29.0 Å². The second kappa shape index (κ2) is 7.44. The molecule has 1 N–H and O–H groups in total. The molecule has 0 saturated carbocycles. The summed E-state index contributed by atoms with van der Waals surface area (Å²) < 4.78 is 6.75. The van der Waals surface area contributed by atoms with Crippen molar-refractivity contribution in [2.45, 2.75) is 6.92 Å². The van der Waals surface area contributed by atoms with Crippen LogP contribution < -0.4 is 10.2 Å². The highest BCUT2D eigenvalue weighted by Gasteiger charge is 2.08. The molecule has 0 aliphatic rings. The average Bonchev–Trinajstić information content (AvgIpc) is 3.13. The van der Waals surface area contributed by atoms with E-state index in [1.807, 2.05) is 55.5 Å². The van der Waals surface area contributed by atoms with Crippen molar-refractivity contribution in [2.24, 2.45) is 5.10 Å². The number of benzene rings is 2. The van der Waals surface area contributed by atoms with Crippen LogP contribution in [-0.2, 0) is 0 Å². The molecule has 1 aromatic heterocycles. The number of hydrogen-bond acceptors (Lipinski definition) is 4. The Labute approximate surface area is 145 Å². The second-order valence-corrected chi connectivity index (χ2v) is 5.48.